The molecule has 0 saturated heterocycles. The molecule has 0 aliphatic carbocycles. The number of aromatic nitrogens is 2. The number of amides is 1. The first-order valence-corrected chi connectivity index (χ1v) is 7.97. The summed E-state index contributed by atoms with van der Waals surface area (Å²) in [5.74, 6) is 0.311. The van der Waals surface area contributed by atoms with Crippen molar-refractivity contribution in [3.63, 3.8) is 0 Å². The average Bonchev–Trinajstić information content (AvgIpc) is 3.17. The van der Waals surface area contributed by atoms with Gasteiger partial charge < -0.3 is 9.47 Å². The normalized spacial score (nSPS) is 10.8. The fourth-order valence-electron chi connectivity index (χ4n) is 2.39. The van der Waals surface area contributed by atoms with E-state index < -0.39 is 5.91 Å². The Morgan fingerprint density at radius 1 is 1.15 bits per heavy atom. The molecule has 0 saturated carbocycles. The van der Waals surface area contributed by atoms with Crippen LogP contribution in [0.25, 0.3) is 11.3 Å². The van der Waals surface area contributed by atoms with E-state index in [9.17, 15) is 9.18 Å². The summed E-state index contributed by atoms with van der Waals surface area (Å²) >= 11 is 0. The molecule has 0 aliphatic rings. The van der Waals surface area contributed by atoms with Crippen molar-refractivity contribution in [3.05, 3.63) is 65.6 Å². The summed E-state index contributed by atoms with van der Waals surface area (Å²) in [7, 11) is 3.10. The van der Waals surface area contributed by atoms with Gasteiger partial charge in [-0.05, 0) is 42.0 Å². The maximum absolute atomic E-state index is 13.1. The summed E-state index contributed by atoms with van der Waals surface area (Å²) in [5.41, 5.74) is 4.45. The van der Waals surface area contributed by atoms with E-state index >= 15 is 0 Å². The van der Waals surface area contributed by atoms with Gasteiger partial charge in [0.15, 0.2) is 11.5 Å². The van der Waals surface area contributed by atoms with E-state index in [1.807, 2.05) is 0 Å². The zero-order valence-electron chi connectivity index (χ0n) is 14.7. The molecule has 7 nitrogen and oxygen atoms in total. The quantitative estimate of drug-likeness (QED) is 0.517. The molecule has 2 N–H and O–H groups in total. The lowest BCUT2D eigenvalue weighted by molar-refractivity contribution is 0.0950. The number of carbonyl (C=O) groups is 1. The summed E-state index contributed by atoms with van der Waals surface area (Å²) in [6.45, 7) is 0. The first-order valence-electron chi connectivity index (χ1n) is 7.97. The molecule has 0 aliphatic heterocycles. The van der Waals surface area contributed by atoms with Crippen LogP contribution in [-0.4, -0.2) is 36.5 Å². The topological polar surface area (TPSA) is 88.6 Å². The second-order valence-electron chi connectivity index (χ2n) is 5.49. The minimum Gasteiger partial charge on any atom is -0.493 e. The lowest BCUT2D eigenvalue weighted by Crippen LogP contribution is -2.18. The standard InChI is InChI=1S/C19H17FN4O3/c1-26-17-7-6-13(9-18(17)27-2)15-10-16(23-22-15)19(25)24-21-11-12-4-3-5-14(20)8-12/h3-11H,1-2H3,(H,22,23)(H,24,25). The Labute approximate surface area is 154 Å². The fraction of sp³-hybridized carbons (Fsp3) is 0.105. The van der Waals surface area contributed by atoms with Crippen LogP contribution in [0.5, 0.6) is 11.5 Å². The number of aromatic amines is 1. The highest BCUT2D eigenvalue weighted by atomic mass is 19.1. The number of nitrogens with one attached hydrogen (secondary N) is 2. The molecule has 0 bridgehead atoms. The number of hydrogen-bond donors (Lipinski definition) is 2. The van der Waals surface area contributed by atoms with Crippen LogP contribution in [0.2, 0.25) is 0 Å². The van der Waals surface area contributed by atoms with Gasteiger partial charge in [-0.15, -0.1) is 0 Å². The molecule has 27 heavy (non-hydrogen) atoms. The van der Waals surface area contributed by atoms with Gasteiger partial charge >= 0.3 is 0 Å². The molecule has 2 aromatic carbocycles. The second kappa shape index (κ2) is 8.13. The predicted molar refractivity (Wildman–Crippen MR) is 98.6 cm³/mol. The number of methoxy groups -OCH3 is 2. The van der Waals surface area contributed by atoms with Gasteiger partial charge in [0.05, 0.1) is 26.1 Å². The van der Waals surface area contributed by atoms with Crippen LogP contribution in [-0.2, 0) is 0 Å². The van der Waals surface area contributed by atoms with E-state index in [1.165, 1.54) is 18.3 Å². The van der Waals surface area contributed by atoms with Crippen LogP contribution in [0, 0.1) is 5.82 Å². The largest absolute Gasteiger partial charge is 0.493 e. The van der Waals surface area contributed by atoms with Gasteiger partial charge in [0.25, 0.3) is 5.91 Å². The maximum Gasteiger partial charge on any atom is 0.289 e. The van der Waals surface area contributed by atoms with Crippen molar-refractivity contribution in [3.8, 4) is 22.8 Å². The smallest absolute Gasteiger partial charge is 0.289 e. The highest BCUT2D eigenvalue weighted by Gasteiger charge is 2.12. The lowest BCUT2D eigenvalue weighted by Gasteiger charge is -2.08. The molecule has 138 valence electrons. The molecule has 3 rings (SSSR count). The maximum atomic E-state index is 13.1. The number of rotatable bonds is 6. The van der Waals surface area contributed by atoms with Crippen LogP contribution in [0.1, 0.15) is 16.1 Å². The van der Waals surface area contributed by atoms with Crippen molar-refractivity contribution in [2.75, 3.05) is 14.2 Å². The first-order chi connectivity index (χ1) is 13.1. The van der Waals surface area contributed by atoms with Crippen molar-refractivity contribution < 1.29 is 18.7 Å². The number of benzene rings is 2. The third-order valence-corrected chi connectivity index (χ3v) is 3.73. The third kappa shape index (κ3) is 4.30. The minimum absolute atomic E-state index is 0.233. The summed E-state index contributed by atoms with van der Waals surface area (Å²) < 4.78 is 23.6. The van der Waals surface area contributed by atoms with Crippen LogP contribution < -0.4 is 14.9 Å². The molecule has 0 atom stereocenters. The van der Waals surface area contributed by atoms with Crippen LogP contribution in [0.4, 0.5) is 4.39 Å². The fourth-order valence-corrected chi connectivity index (χ4v) is 2.39. The summed E-state index contributed by atoms with van der Waals surface area (Å²) in [6, 6.07) is 12.8. The number of halogens is 1. The third-order valence-electron chi connectivity index (χ3n) is 3.73. The number of carbonyl (C=O) groups excluding carboxylic acids is 1. The first kappa shape index (κ1) is 18.1. The van der Waals surface area contributed by atoms with Gasteiger partial charge in [-0.1, -0.05) is 12.1 Å². The van der Waals surface area contributed by atoms with Crippen LogP contribution >= 0.6 is 0 Å². The Balaban J connectivity index is 1.70. The van der Waals surface area contributed by atoms with Crippen molar-refractivity contribution in [2.24, 2.45) is 5.10 Å². The highest BCUT2D eigenvalue weighted by Crippen LogP contribution is 2.31. The van der Waals surface area contributed by atoms with Crippen molar-refractivity contribution >= 4 is 12.1 Å². The number of hydrogen-bond acceptors (Lipinski definition) is 5. The summed E-state index contributed by atoms with van der Waals surface area (Å²) in [6.07, 6.45) is 1.35. The number of H-pyrrole nitrogens is 1. The number of ether oxygens (including phenoxy) is 2. The molecule has 8 heteroatoms. The summed E-state index contributed by atoms with van der Waals surface area (Å²) in [5, 5.41) is 10.6. The van der Waals surface area contributed by atoms with Gasteiger partial charge in [-0.25, -0.2) is 9.82 Å². The van der Waals surface area contributed by atoms with E-state index in [0.717, 1.165) is 5.56 Å². The van der Waals surface area contributed by atoms with Gasteiger partial charge in [0.1, 0.15) is 11.5 Å². The van der Waals surface area contributed by atoms with E-state index in [1.54, 1.807) is 50.6 Å². The average molecular weight is 368 g/mol. The van der Waals surface area contributed by atoms with Gasteiger partial charge in [-0.2, -0.15) is 10.2 Å². The molecular formula is C19H17FN4O3. The molecule has 0 unspecified atom stereocenters. The summed E-state index contributed by atoms with van der Waals surface area (Å²) in [4.78, 5) is 12.2. The number of hydrazone groups is 1. The molecule has 0 radical (unpaired) electrons. The van der Waals surface area contributed by atoms with Crippen LogP contribution in [0.15, 0.2) is 53.6 Å². The zero-order valence-corrected chi connectivity index (χ0v) is 14.7. The molecular weight excluding hydrogens is 351 g/mol. The Kier molecular flexibility index (Phi) is 5.46. The molecule has 1 aromatic heterocycles. The molecule has 1 amide bonds. The van der Waals surface area contributed by atoms with Crippen molar-refractivity contribution in [1.29, 1.82) is 0 Å². The molecule has 0 fully saturated rings. The van der Waals surface area contributed by atoms with Crippen LogP contribution in [0.3, 0.4) is 0 Å². The van der Waals surface area contributed by atoms with E-state index in [4.69, 9.17) is 9.47 Å². The van der Waals surface area contributed by atoms with Gasteiger partial charge in [-0.3, -0.25) is 9.89 Å². The van der Waals surface area contributed by atoms with Crippen molar-refractivity contribution in [1.82, 2.24) is 15.6 Å². The zero-order chi connectivity index (χ0) is 19.2. The minimum atomic E-state index is -0.470. The van der Waals surface area contributed by atoms with Gasteiger partial charge in [0, 0.05) is 5.56 Å². The van der Waals surface area contributed by atoms with E-state index in [2.05, 4.69) is 20.7 Å². The monoisotopic (exact) mass is 368 g/mol. The molecule has 0 spiro atoms. The molecule has 3 aromatic rings. The SMILES string of the molecule is COc1ccc(-c2cc(C(=O)NN=Cc3cccc(F)c3)[nH]n2)cc1OC. The van der Waals surface area contributed by atoms with Crippen molar-refractivity contribution in [2.45, 2.75) is 0 Å². The number of nitrogens with zero attached hydrogens (tertiary/aromatic N) is 2. The van der Waals surface area contributed by atoms with E-state index in [-0.39, 0.29) is 11.5 Å². The van der Waals surface area contributed by atoms with Gasteiger partial charge in [0.2, 0.25) is 0 Å². The Bertz CT molecular complexity index is 985. The Morgan fingerprint density at radius 3 is 2.70 bits per heavy atom. The predicted octanol–water partition coefficient (Wildman–Crippen LogP) is 3.00. The Hall–Kier alpha value is -3.68. The Morgan fingerprint density at radius 2 is 1.96 bits per heavy atom. The highest BCUT2D eigenvalue weighted by molar-refractivity contribution is 5.94. The van der Waals surface area contributed by atoms with E-state index in [0.29, 0.717) is 22.8 Å². The second-order valence-corrected chi connectivity index (χ2v) is 5.49. The molecule has 1 heterocycles. The lowest BCUT2D eigenvalue weighted by atomic mass is 10.1.